The lowest BCUT2D eigenvalue weighted by molar-refractivity contribution is 0.0647. The van der Waals surface area contributed by atoms with Crippen LogP contribution < -0.4 is 10.4 Å². The highest BCUT2D eigenvalue weighted by atomic mass is 16.5. The molecule has 2 heterocycles. The van der Waals surface area contributed by atoms with Crippen LogP contribution in [0.15, 0.2) is 63.8 Å². The number of ether oxygens (including phenoxy) is 1. The molecule has 1 saturated heterocycles. The van der Waals surface area contributed by atoms with Crippen molar-refractivity contribution < 1.29 is 18.7 Å². The summed E-state index contributed by atoms with van der Waals surface area (Å²) in [5.74, 6) is 0.293. The number of hydrogen-bond donors (Lipinski definition) is 0. The van der Waals surface area contributed by atoms with E-state index in [9.17, 15) is 14.4 Å². The second-order valence-electron chi connectivity index (χ2n) is 7.14. The predicted octanol–water partition coefficient (Wildman–Crippen LogP) is 3.54. The van der Waals surface area contributed by atoms with Gasteiger partial charge in [-0.05, 0) is 49.2 Å². The molecule has 6 heteroatoms. The van der Waals surface area contributed by atoms with E-state index < -0.39 is 5.63 Å². The molecule has 1 fully saturated rings. The van der Waals surface area contributed by atoms with Crippen molar-refractivity contribution >= 4 is 22.7 Å². The number of ketones is 1. The van der Waals surface area contributed by atoms with Crippen LogP contribution in [-0.2, 0) is 0 Å². The maximum Gasteiger partial charge on any atom is 0.349 e. The zero-order chi connectivity index (χ0) is 20.4. The van der Waals surface area contributed by atoms with E-state index in [1.807, 2.05) is 6.07 Å². The quantitative estimate of drug-likeness (QED) is 0.502. The first kappa shape index (κ1) is 18.9. The minimum atomic E-state index is -0.634. The molecule has 0 saturated carbocycles. The second kappa shape index (κ2) is 7.91. The van der Waals surface area contributed by atoms with Crippen molar-refractivity contribution in [1.82, 2.24) is 4.90 Å². The van der Waals surface area contributed by atoms with Crippen LogP contribution in [0.2, 0.25) is 0 Å². The summed E-state index contributed by atoms with van der Waals surface area (Å²) in [5, 5.41) is 0.708. The molecule has 0 atom stereocenters. The maximum atomic E-state index is 12.8. The number of carbonyl (C=O) groups excluding carboxylic acids is 2. The molecule has 0 bridgehead atoms. The fourth-order valence-electron chi connectivity index (χ4n) is 3.72. The van der Waals surface area contributed by atoms with Crippen molar-refractivity contribution in [3.8, 4) is 5.75 Å². The Hall–Kier alpha value is -3.41. The van der Waals surface area contributed by atoms with Gasteiger partial charge in [-0.25, -0.2) is 4.79 Å². The molecule has 0 unspecified atom stereocenters. The molecule has 1 aliphatic heterocycles. The maximum absolute atomic E-state index is 12.8. The molecule has 6 nitrogen and oxygen atoms in total. The molecule has 0 aliphatic carbocycles. The molecule has 148 valence electrons. The van der Waals surface area contributed by atoms with Gasteiger partial charge in [0.1, 0.15) is 16.9 Å². The standard InChI is InChI=1S/C23H21NO5/c1-28-18-8-6-15(7-9-18)21(25)16-10-12-24(13-11-16)22(26)19-14-17-4-2-3-5-20(17)29-23(19)27/h2-9,14,16H,10-13H2,1H3. The number of fused-ring (bicyclic) bond motifs is 1. The molecule has 0 N–H and O–H groups in total. The first-order valence-electron chi connectivity index (χ1n) is 9.57. The van der Waals surface area contributed by atoms with Crippen LogP contribution in [0.4, 0.5) is 0 Å². The number of amides is 1. The number of benzene rings is 2. The van der Waals surface area contributed by atoms with Gasteiger partial charge in [-0.2, -0.15) is 0 Å². The zero-order valence-electron chi connectivity index (χ0n) is 16.1. The predicted molar refractivity (Wildman–Crippen MR) is 108 cm³/mol. The number of nitrogens with zero attached hydrogens (tertiary/aromatic N) is 1. The lowest BCUT2D eigenvalue weighted by atomic mass is 9.88. The number of carbonyl (C=O) groups is 2. The van der Waals surface area contributed by atoms with Crippen molar-refractivity contribution in [1.29, 1.82) is 0 Å². The summed E-state index contributed by atoms with van der Waals surface area (Å²) < 4.78 is 10.4. The third-order valence-electron chi connectivity index (χ3n) is 5.40. The van der Waals surface area contributed by atoms with Crippen LogP contribution in [0.25, 0.3) is 11.0 Å². The van der Waals surface area contributed by atoms with Gasteiger partial charge in [-0.1, -0.05) is 18.2 Å². The van der Waals surface area contributed by atoms with Crippen LogP contribution in [-0.4, -0.2) is 36.8 Å². The first-order chi connectivity index (χ1) is 14.1. The Morgan fingerprint density at radius 2 is 1.72 bits per heavy atom. The number of Topliss-reactive ketones (excluding diaryl/α,β-unsaturated/α-hetero) is 1. The fraction of sp³-hybridized carbons (Fsp3) is 0.261. The van der Waals surface area contributed by atoms with Gasteiger partial charge in [-0.15, -0.1) is 0 Å². The second-order valence-corrected chi connectivity index (χ2v) is 7.14. The number of rotatable bonds is 4. The van der Waals surface area contributed by atoms with Crippen LogP contribution in [0, 0.1) is 5.92 Å². The van der Waals surface area contributed by atoms with Gasteiger partial charge in [0.2, 0.25) is 0 Å². The lowest BCUT2D eigenvalue weighted by Gasteiger charge is -2.31. The smallest absolute Gasteiger partial charge is 0.349 e. The van der Waals surface area contributed by atoms with Crippen LogP contribution in [0.3, 0.4) is 0 Å². The highest BCUT2D eigenvalue weighted by Gasteiger charge is 2.29. The summed E-state index contributed by atoms with van der Waals surface area (Å²) in [6, 6.07) is 15.7. The normalized spacial score (nSPS) is 14.7. The summed E-state index contributed by atoms with van der Waals surface area (Å²) >= 11 is 0. The average molecular weight is 391 g/mol. The molecule has 0 spiro atoms. The molecule has 1 aromatic heterocycles. The largest absolute Gasteiger partial charge is 0.497 e. The molecular weight excluding hydrogens is 370 g/mol. The van der Waals surface area contributed by atoms with Crippen LogP contribution >= 0.6 is 0 Å². The third kappa shape index (κ3) is 3.78. The molecule has 3 aromatic rings. The van der Waals surface area contributed by atoms with Crippen molar-refractivity contribution in [2.24, 2.45) is 5.92 Å². The van der Waals surface area contributed by atoms with Crippen molar-refractivity contribution in [2.75, 3.05) is 20.2 Å². The van der Waals surface area contributed by atoms with E-state index in [0.29, 0.717) is 48.2 Å². The molecule has 2 aromatic carbocycles. The van der Waals surface area contributed by atoms with Crippen molar-refractivity contribution in [2.45, 2.75) is 12.8 Å². The lowest BCUT2D eigenvalue weighted by Crippen LogP contribution is -2.41. The molecule has 29 heavy (non-hydrogen) atoms. The Kier molecular flexibility index (Phi) is 5.16. The van der Waals surface area contributed by atoms with E-state index in [2.05, 4.69) is 0 Å². The van der Waals surface area contributed by atoms with E-state index in [1.165, 1.54) is 0 Å². The highest BCUT2D eigenvalue weighted by molar-refractivity contribution is 5.99. The van der Waals surface area contributed by atoms with Crippen molar-refractivity contribution in [3.05, 3.63) is 76.1 Å². The minimum absolute atomic E-state index is 0.0311. The molecule has 1 aliphatic rings. The minimum Gasteiger partial charge on any atom is -0.497 e. The topological polar surface area (TPSA) is 76.8 Å². The summed E-state index contributed by atoms with van der Waals surface area (Å²) in [6.45, 7) is 0.856. The van der Waals surface area contributed by atoms with E-state index >= 15 is 0 Å². The third-order valence-corrected chi connectivity index (χ3v) is 5.40. The van der Waals surface area contributed by atoms with Gasteiger partial charge in [0.05, 0.1) is 7.11 Å². The Balaban J connectivity index is 1.45. The van der Waals surface area contributed by atoms with Gasteiger partial charge in [0.15, 0.2) is 5.78 Å². The Labute approximate surface area is 167 Å². The number of hydrogen-bond acceptors (Lipinski definition) is 5. The van der Waals surface area contributed by atoms with Crippen LogP contribution in [0.5, 0.6) is 5.75 Å². The van der Waals surface area contributed by atoms with Gasteiger partial charge >= 0.3 is 5.63 Å². The Morgan fingerprint density at radius 3 is 2.41 bits per heavy atom. The number of para-hydroxylation sites is 1. The van der Waals surface area contributed by atoms with E-state index in [1.54, 1.807) is 60.5 Å². The summed E-state index contributed by atoms with van der Waals surface area (Å²) in [4.78, 5) is 39.5. The Bertz CT molecular complexity index is 1110. The monoisotopic (exact) mass is 391 g/mol. The van der Waals surface area contributed by atoms with E-state index in [4.69, 9.17) is 9.15 Å². The number of piperidine rings is 1. The van der Waals surface area contributed by atoms with E-state index in [0.717, 1.165) is 0 Å². The van der Waals surface area contributed by atoms with Crippen molar-refractivity contribution in [3.63, 3.8) is 0 Å². The molecule has 4 rings (SSSR count). The van der Waals surface area contributed by atoms with E-state index in [-0.39, 0.29) is 23.2 Å². The number of methoxy groups -OCH3 is 1. The molecular formula is C23H21NO5. The summed E-state index contributed by atoms with van der Waals surface area (Å²) in [6.07, 6.45) is 1.13. The molecule has 0 radical (unpaired) electrons. The Morgan fingerprint density at radius 1 is 1.03 bits per heavy atom. The highest BCUT2D eigenvalue weighted by Crippen LogP contribution is 2.24. The van der Waals surface area contributed by atoms with Gasteiger partial charge in [0, 0.05) is 30.0 Å². The van der Waals surface area contributed by atoms with Gasteiger partial charge < -0.3 is 14.1 Å². The average Bonchev–Trinajstić information content (AvgIpc) is 2.78. The SMILES string of the molecule is COc1ccc(C(=O)C2CCN(C(=O)c3cc4ccccc4oc3=O)CC2)cc1. The van der Waals surface area contributed by atoms with Gasteiger partial charge in [-0.3, -0.25) is 9.59 Å². The van der Waals surface area contributed by atoms with Crippen LogP contribution in [0.1, 0.15) is 33.6 Å². The summed E-state index contributed by atoms with van der Waals surface area (Å²) in [7, 11) is 1.58. The van der Waals surface area contributed by atoms with Gasteiger partial charge in [0.25, 0.3) is 5.91 Å². The number of likely N-dealkylation sites (tertiary alicyclic amines) is 1. The zero-order valence-corrected chi connectivity index (χ0v) is 16.1. The molecule has 1 amide bonds. The first-order valence-corrected chi connectivity index (χ1v) is 9.57. The fourth-order valence-corrected chi connectivity index (χ4v) is 3.72. The summed E-state index contributed by atoms with van der Waals surface area (Å²) in [5.41, 5.74) is 0.498.